The van der Waals surface area contributed by atoms with E-state index in [9.17, 15) is 4.79 Å². The van der Waals surface area contributed by atoms with Gasteiger partial charge in [0.2, 0.25) is 0 Å². The van der Waals surface area contributed by atoms with Crippen molar-refractivity contribution in [1.82, 2.24) is 0 Å². The van der Waals surface area contributed by atoms with E-state index in [0.29, 0.717) is 21.4 Å². The molecule has 3 heteroatoms. The smallest absolute Gasteiger partial charge is 0.193 e. The minimum absolute atomic E-state index is 0.0257. The minimum atomic E-state index is 0.0257. The van der Waals surface area contributed by atoms with E-state index in [1.54, 1.807) is 36.0 Å². The van der Waals surface area contributed by atoms with Gasteiger partial charge in [-0.1, -0.05) is 25.4 Å². The summed E-state index contributed by atoms with van der Waals surface area (Å²) < 4.78 is 0. The first kappa shape index (κ1) is 14.2. The lowest BCUT2D eigenvalue weighted by Crippen LogP contribution is -2.00. The molecule has 0 spiro atoms. The number of rotatable bonds is 4. The molecule has 19 heavy (non-hydrogen) atoms. The van der Waals surface area contributed by atoms with Gasteiger partial charge >= 0.3 is 0 Å². The molecular weight excluding hydrogens is 276 g/mol. The number of carbonyl (C=O) groups excluding carboxylic acids is 1. The molecule has 2 rings (SSSR count). The Morgan fingerprint density at radius 2 is 1.42 bits per heavy atom. The maximum Gasteiger partial charge on any atom is 0.193 e. The highest BCUT2D eigenvalue weighted by Crippen LogP contribution is 2.23. The molecular formula is C16H15ClOS. The van der Waals surface area contributed by atoms with Gasteiger partial charge in [0.05, 0.1) is 0 Å². The van der Waals surface area contributed by atoms with Crippen LogP contribution in [0.4, 0.5) is 0 Å². The molecule has 0 saturated heterocycles. The van der Waals surface area contributed by atoms with Crippen LogP contribution in [0.2, 0.25) is 5.02 Å². The fraction of sp³-hybridized carbons (Fsp3) is 0.188. The molecule has 0 aliphatic rings. The first-order chi connectivity index (χ1) is 9.06. The lowest BCUT2D eigenvalue weighted by molar-refractivity contribution is 0.103. The summed E-state index contributed by atoms with van der Waals surface area (Å²) in [6.07, 6.45) is 0. The fourth-order valence-corrected chi connectivity index (χ4v) is 2.69. The second kappa shape index (κ2) is 6.27. The van der Waals surface area contributed by atoms with Crippen molar-refractivity contribution >= 4 is 29.1 Å². The molecule has 0 radical (unpaired) electrons. The summed E-state index contributed by atoms with van der Waals surface area (Å²) in [5.74, 6) is 0.0257. The molecule has 0 N–H and O–H groups in total. The molecule has 0 amide bonds. The van der Waals surface area contributed by atoms with Crippen molar-refractivity contribution in [3.05, 3.63) is 64.7 Å². The van der Waals surface area contributed by atoms with Crippen LogP contribution in [0.3, 0.4) is 0 Å². The van der Waals surface area contributed by atoms with Crippen LogP contribution in [0.25, 0.3) is 0 Å². The van der Waals surface area contributed by atoms with Crippen LogP contribution < -0.4 is 0 Å². The van der Waals surface area contributed by atoms with Gasteiger partial charge in [0, 0.05) is 26.3 Å². The summed E-state index contributed by atoms with van der Waals surface area (Å²) in [6.45, 7) is 4.30. The number of carbonyl (C=O) groups is 1. The number of hydrogen-bond donors (Lipinski definition) is 0. The van der Waals surface area contributed by atoms with Crippen LogP contribution in [0.15, 0.2) is 53.4 Å². The molecule has 0 aliphatic heterocycles. The maximum absolute atomic E-state index is 12.2. The van der Waals surface area contributed by atoms with E-state index in [1.807, 2.05) is 24.3 Å². The van der Waals surface area contributed by atoms with Crippen molar-refractivity contribution in [3.63, 3.8) is 0 Å². The summed E-state index contributed by atoms with van der Waals surface area (Å²) >= 11 is 7.61. The Morgan fingerprint density at radius 3 is 1.89 bits per heavy atom. The lowest BCUT2D eigenvalue weighted by atomic mass is 10.0. The Bertz CT molecular complexity index is 558. The highest BCUT2D eigenvalue weighted by Gasteiger charge is 2.09. The quantitative estimate of drug-likeness (QED) is 0.577. The van der Waals surface area contributed by atoms with Crippen molar-refractivity contribution in [1.29, 1.82) is 0 Å². The van der Waals surface area contributed by atoms with Gasteiger partial charge in [-0.15, -0.1) is 11.8 Å². The summed E-state index contributed by atoms with van der Waals surface area (Å²) in [5, 5.41) is 1.18. The molecule has 1 nitrogen and oxygen atoms in total. The van der Waals surface area contributed by atoms with Gasteiger partial charge in [-0.3, -0.25) is 4.79 Å². The van der Waals surface area contributed by atoms with Crippen LogP contribution in [-0.2, 0) is 0 Å². The number of ketones is 1. The van der Waals surface area contributed by atoms with E-state index in [-0.39, 0.29) is 5.78 Å². The normalized spacial score (nSPS) is 10.7. The Labute approximate surface area is 123 Å². The van der Waals surface area contributed by atoms with E-state index >= 15 is 0 Å². The second-order valence-corrected chi connectivity index (χ2v) is 6.61. The zero-order valence-corrected chi connectivity index (χ0v) is 12.5. The van der Waals surface area contributed by atoms with E-state index in [4.69, 9.17) is 11.6 Å². The Morgan fingerprint density at radius 1 is 0.947 bits per heavy atom. The van der Waals surface area contributed by atoms with Crippen LogP contribution in [0, 0.1) is 0 Å². The molecule has 0 unspecified atom stereocenters. The van der Waals surface area contributed by atoms with Crippen LogP contribution in [-0.4, -0.2) is 11.0 Å². The van der Waals surface area contributed by atoms with Crippen molar-refractivity contribution in [2.24, 2.45) is 0 Å². The van der Waals surface area contributed by atoms with Gasteiger partial charge in [-0.05, 0) is 48.5 Å². The van der Waals surface area contributed by atoms with Gasteiger partial charge in [-0.2, -0.15) is 0 Å². The van der Waals surface area contributed by atoms with E-state index in [1.165, 1.54) is 4.90 Å². The number of thioether (sulfide) groups is 1. The first-order valence-corrected chi connectivity index (χ1v) is 7.39. The first-order valence-electron chi connectivity index (χ1n) is 6.13. The molecule has 98 valence electrons. The van der Waals surface area contributed by atoms with Crippen molar-refractivity contribution in [2.75, 3.05) is 0 Å². The molecule has 0 heterocycles. The third-order valence-electron chi connectivity index (χ3n) is 2.59. The van der Waals surface area contributed by atoms with E-state index in [0.717, 1.165) is 0 Å². The number of benzene rings is 2. The molecule has 2 aromatic rings. The predicted molar refractivity (Wildman–Crippen MR) is 82.3 cm³/mol. The zero-order chi connectivity index (χ0) is 13.8. The standard InChI is InChI=1S/C16H15ClOS/c1-11(2)19-15-9-5-13(6-10-15)16(18)12-3-7-14(17)8-4-12/h3-11H,1-2H3. The second-order valence-electron chi connectivity index (χ2n) is 4.53. The SMILES string of the molecule is CC(C)Sc1ccc(C(=O)c2ccc(Cl)cc2)cc1. The van der Waals surface area contributed by atoms with E-state index < -0.39 is 0 Å². The summed E-state index contributed by atoms with van der Waals surface area (Å²) in [7, 11) is 0. The van der Waals surface area contributed by atoms with Gasteiger partial charge in [-0.25, -0.2) is 0 Å². The van der Waals surface area contributed by atoms with Gasteiger partial charge < -0.3 is 0 Å². The Hall–Kier alpha value is -1.25. The highest BCUT2D eigenvalue weighted by atomic mass is 35.5. The van der Waals surface area contributed by atoms with Crippen molar-refractivity contribution in [2.45, 2.75) is 24.0 Å². The van der Waals surface area contributed by atoms with E-state index in [2.05, 4.69) is 13.8 Å². The summed E-state index contributed by atoms with van der Waals surface area (Å²) in [5.41, 5.74) is 1.36. The van der Waals surface area contributed by atoms with Crippen LogP contribution in [0.5, 0.6) is 0 Å². The van der Waals surface area contributed by atoms with Crippen molar-refractivity contribution < 1.29 is 4.79 Å². The zero-order valence-electron chi connectivity index (χ0n) is 10.9. The molecule has 0 aliphatic carbocycles. The van der Waals surface area contributed by atoms with Gasteiger partial charge in [0.25, 0.3) is 0 Å². The molecule has 0 saturated carbocycles. The largest absolute Gasteiger partial charge is 0.289 e. The Balaban J connectivity index is 2.17. The minimum Gasteiger partial charge on any atom is -0.289 e. The topological polar surface area (TPSA) is 17.1 Å². The molecule has 0 fully saturated rings. The predicted octanol–water partition coefficient (Wildman–Crippen LogP) is 5.07. The van der Waals surface area contributed by atoms with Crippen LogP contribution >= 0.6 is 23.4 Å². The Kier molecular flexibility index (Phi) is 4.67. The third-order valence-corrected chi connectivity index (χ3v) is 3.86. The molecule has 2 aromatic carbocycles. The third kappa shape index (κ3) is 3.85. The van der Waals surface area contributed by atoms with Gasteiger partial charge in [0.15, 0.2) is 5.78 Å². The van der Waals surface area contributed by atoms with Gasteiger partial charge in [0.1, 0.15) is 0 Å². The van der Waals surface area contributed by atoms with Crippen LogP contribution in [0.1, 0.15) is 29.8 Å². The molecule has 0 atom stereocenters. The average Bonchev–Trinajstić information content (AvgIpc) is 2.39. The average molecular weight is 291 g/mol. The highest BCUT2D eigenvalue weighted by molar-refractivity contribution is 7.99. The monoisotopic (exact) mass is 290 g/mol. The maximum atomic E-state index is 12.2. The molecule has 0 aromatic heterocycles. The number of hydrogen-bond acceptors (Lipinski definition) is 2. The molecule has 0 bridgehead atoms. The van der Waals surface area contributed by atoms with Crippen molar-refractivity contribution in [3.8, 4) is 0 Å². The fourth-order valence-electron chi connectivity index (χ4n) is 1.72. The lowest BCUT2D eigenvalue weighted by Gasteiger charge is -2.06. The number of halogens is 1. The summed E-state index contributed by atoms with van der Waals surface area (Å²) in [4.78, 5) is 13.4. The summed E-state index contributed by atoms with van der Waals surface area (Å²) in [6, 6.07) is 14.7.